The first-order chi connectivity index (χ1) is 34.2. The Kier molecular flexibility index (Phi) is 8.90. The van der Waals surface area contributed by atoms with E-state index in [4.69, 9.17) is 4.42 Å². The van der Waals surface area contributed by atoms with Crippen molar-refractivity contribution in [3.63, 3.8) is 0 Å². The molecular weight excluding hydrogens is 837 g/mol. The van der Waals surface area contributed by atoms with E-state index in [9.17, 15) is 0 Å². The molecule has 14 aromatic rings. The first-order valence-corrected chi connectivity index (χ1v) is 23.7. The summed E-state index contributed by atoms with van der Waals surface area (Å²) in [4.78, 5) is 2.50. The molecule has 0 aliphatic heterocycles. The van der Waals surface area contributed by atoms with Crippen LogP contribution in [-0.2, 0) is 0 Å². The van der Waals surface area contributed by atoms with Crippen molar-refractivity contribution in [2.24, 2.45) is 0 Å². The van der Waals surface area contributed by atoms with Crippen LogP contribution in [0.25, 0.3) is 115 Å². The van der Waals surface area contributed by atoms with Gasteiger partial charge < -0.3 is 13.9 Å². The van der Waals surface area contributed by atoms with Gasteiger partial charge in [-0.05, 0) is 115 Å². The lowest BCUT2D eigenvalue weighted by Gasteiger charge is -2.30. The number of para-hydroxylation sites is 2. The van der Waals surface area contributed by atoms with Crippen molar-refractivity contribution in [3.05, 3.63) is 255 Å². The minimum atomic E-state index is 0.882. The summed E-state index contributed by atoms with van der Waals surface area (Å²) in [5.41, 5.74) is 15.6. The van der Waals surface area contributed by atoms with Crippen LogP contribution in [0.2, 0.25) is 0 Å². The van der Waals surface area contributed by atoms with Gasteiger partial charge in [0.25, 0.3) is 0 Å². The van der Waals surface area contributed by atoms with Crippen LogP contribution in [0.4, 0.5) is 17.1 Å². The van der Waals surface area contributed by atoms with Crippen molar-refractivity contribution in [2.45, 2.75) is 0 Å². The minimum Gasteiger partial charge on any atom is -0.456 e. The molecule has 14 rings (SSSR count). The first-order valence-electron chi connectivity index (χ1n) is 23.7. The monoisotopic (exact) mass is 878 g/mol. The van der Waals surface area contributed by atoms with Crippen molar-refractivity contribution < 1.29 is 4.42 Å². The second-order valence-corrected chi connectivity index (χ2v) is 18.0. The summed E-state index contributed by atoms with van der Waals surface area (Å²) >= 11 is 0. The normalized spacial score (nSPS) is 11.8. The Labute approximate surface area is 399 Å². The van der Waals surface area contributed by atoms with Gasteiger partial charge in [-0.15, -0.1) is 0 Å². The number of hydrogen-bond acceptors (Lipinski definition) is 2. The fourth-order valence-electron chi connectivity index (χ4n) is 11.0. The number of nitrogens with zero attached hydrogens (tertiary/aromatic N) is 2. The van der Waals surface area contributed by atoms with Crippen molar-refractivity contribution in [2.75, 3.05) is 4.90 Å². The zero-order valence-corrected chi connectivity index (χ0v) is 37.6. The van der Waals surface area contributed by atoms with Gasteiger partial charge in [-0.25, -0.2) is 0 Å². The summed E-state index contributed by atoms with van der Waals surface area (Å²) in [5, 5.41) is 11.7. The quantitative estimate of drug-likeness (QED) is 0.159. The largest absolute Gasteiger partial charge is 0.456 e. The zero-order valence-electron chi connectivity index (χ0n) is 37.6. The number of aromatic nitrogens is 1. The van der Waals surface area contributed by atoms with E-state index in [1.165, 1.54) is 60.1 Å². The molecule has 0 unspecified atom stereocenters. The molecule has 0 N–H and O–H groups in total. The molecule has 0 bridgehead atoms. The topological polar surface area (TPSA) is 21.3 Å². The lowest BCUT2D eigenvalue weighted by Crippen LogP contribution is -2.12. The fraction of sp³-hybridized carbons (Fsp3) is 0. The minimum absolute atomic E-state index is 0.882. The van der Waals surface area contributed by atoms with Gasteiger partial charge in [0, 0.05) is 38.2 Å². The number of anilines is 3. The third-order valence-corrected chi connectivity index (χ3v) is 14.1. The smallest absolute Gasteiger partial charge is 0.136 e. The van der Waals surface area contributed by atoms with Crippen LogP contribution in [0.3, 0.4) is 0 Å². The highest BCUT2D eigenvalue weighted by Crippen LogP contribution is 2.50. The number of fused-ring (bicyclic) bond motifs is 9. The Morgan fingerprint density at radius 2 is 0.957 bits per heavy atom. The molecule has 12 aromatic carbocycles. The fourth-order valence-corrected chi connectivity index (χ4v) is 11.0. The van der Waals surface area contributed by atoms with E-state index in [2.05, 4.69) is 258 Å². The zero-order chi connectivity index (χ0) is 45.4. The maximum Gasteiger partial charge on any atom is 0.136 e. The summed E-state index contributed by atoms with van der Waals surface area (Å²) in [6.07, 6.45) is 0. The van der Waals surface area contributed by atoms with E-state index >= 15 is 0 Å². The molecule has 0 atom stereocenters. The molecule has 2 aromatic heterocycles. The third-order valence-electron chi connectivity index (χ3n) is 14.1. The molecule has 0 spiro atoms. The molecule has 0 fully saturated rings. The number of benzene rings is 12. The molecule has 0 radical (unpaired) electrons. The highest BCUT2D eigenvalue weighted by atomic mass is 16.3. The summed E-state index contributed by atoms with van der Waals surface area (Å²) < 4.78 is 8.97. The van der Waals surface area contributed by atoms with Gasteiger partial charge >= 0.3 is 0 Å². The first kappa shape index (κ1) is 39.0. The summed E-state index contributed by atoms with van der Waals surface area (Å²) in [6.45, 7) is 0. The Morgan fingerprint density at radius 1 is 0.319 bits per heavy atom. The van der Waals surface area contributed by atoms with Crippen molar-refractivity contribution in [3.8, 4) is 39.1 Å². The van der Waals surface area contributed by atoms with E-state index in [0.29, 0.717) is 0 Å². The Morgan fingerprint density at radius 3 is 1.78 bits per heavy atom. The average Bonchev–Trinajstić information content (AvgIpc) is 3.96. The third kappa shape index (κ3) is 6.29. The molecule has 0 saturated carbocycles. The Hall–Kier alpha value is -9.18. The molecule has 0 saturated heterocycles. The van der Waals surface area contributed by atoms with Crippen molar-refractivity contribution in [1.29, 1.82) is 0 Å². The molecule has 322 valence electrons. The number of hydrogen-bond donors (Lipinski definition) is 0. The maximum atomic E-state index is 6.49. The van der Waals surface area contributed by atoms with Gasteiger partial charge in [0.05, 0.1) is 28.1 Å². The van der Waals surface area contributed by atoms with Gasteiger partial charge in [0.2, 0.25) is 0 Å². The van der Waals surface area contributed by atoms with E-state index in [1.54, 1.807) is 0 Å². The average molecular weight is 879 g/mol. The van der Waals surface area contributed by atoms with Gasteiger partial charge in [-0.3, -0.25) is 0 Å². The van der Waals surface area contributed by atoms with E-state index in [1.807, 2.05) is 6.07 Å². The Balaban J connectivity index is 1.05. The maximum absolute atomic E-state index is 6.49. The number of rotatable bonds is 7. The van der Waals surface area contributed by atoms with E-state index in [0.717, 1.165) is 72.1 Å². The molecule has 69 heavy (non-hydrogen) atoms. The molecule has 0 amide bonds. The second-order valence-electron chi connectivity index (χ2n) is 18.0. The van der Waals surface area contributed by atoms with Crippen LogP contribution in [0.1, 0.15) is 0 Å². The summed E-state index contributed by atoms with van der Waals surface area (Å²) in [6, 6.07) is 92.8. The lowest BCUT2D eigenvalue weighted by molar-refractivity contribution is 0.669. The molecule has 2 heterocycles. The van der Waals surface area contributed by atoms with Crippen LogP contribution in [0.15, 0.2) is 259 Å². The Bertz CT molecular complexity index is 4300. The number of furan rings is 1. The van der Waals surface area contributed by atoms with Crippen LogP contribution < -0.4 is 4.90 Å². The SMILES string of the molecule is c1ccc(-c2ccc(-c3c(N(c4ccc5cc6c(cc5c4)oc4ccccc46)c4cccc5c4c4ccccc4n5-c4ccc(-c5ccccc5)c5ccccc45)ccc4ccccc34)cc2)cc1. The van der Waals surface area contributed by atoms with Gasteiger partial charge in [0.15, 0.2) is 0 Å². The molecule has 0 aliphatic carbocycles. The standard InChI is InChI=1S/C66H42N2O/c1-3-16-43(17-4-1)44-30-32-47(33-31-44)65-52-21-8-7-20-46(52)35-38-62(65)67(50-36-34-48-41-57-55-24-12-14-29-63(55)69-64(57)42-49(48)40-50)60-27-15-28-61-66(60)56-25-11-13-26-58(56)68(61)59-39-37-51(45-18-5-2-6-19-45)53-22-9-10-23-54(53)59/h1-42H. The van der Waals surface area contributed by atoms with Crippen LogP contribution in [0.5, 0.6) is 0 Å². The highest BCUT2D eigenvalue weighted by molar-refractivity contribution is 6.19. The molecular formula is C66H42N2O. The second kappa shape index (κ2) is 15.7. The van der Waals surface area contributed by atoms with Crippen LogP contribution in [-0.4, -0.2) is 4.57 Å². The molecule has 0 aliphatic rings. The van der Waals surface area contributed by atoms with Crippen LogP contribution in [0, 0.1) is 0 Å². The predicted octanol–water partition coefficient (Wildman–Crippen LogP) is 18.6. The van der Waals surface area contributed by atoms with Crippen molar-refractivity contribution >= 4 is 93.1 Å². The van der Waals surface area contributed by atoms with Gasteiger partial charge in [0.1, 0.15) is 11.2 Å². The predicted molar refractivity (Wildman–Crippen MR) is 292 cm³/mol. The van der Waals surface area contributed by atoms with E-state index in [-0.39, 0.29) is 0 Å². The highest BCUT2D eigenvalue weighted by Gasteiger charge is 2.25. The lowest BCUT2D eigenvalue weighted by atomic mass is 9.93. The molecule has 3 nitrogen and oxygen atoms in total. The van der Waals surface area contributed by atoms with Crippen molar-refractivity contribution in [1.82, 2.24) is 4.57 Å². The van der Waals surface area contributed by atoms with E-state index < -0.39 is 0 Å². The summed E-state index contributed by atoms with van der Waals surface area (Å²) in [5.74, 6) is 0. The van der Waals surface area contributed by atoms with Crippen LogP contribution >= 0.6 is 0 Å². The summed E-state index contributed by atoms with van der Waals surface area (Å²) in [7, 11) is 0. The molecule has 3 heteroatoms. The van der Waals surface area contributed by atoms with Gasteiger partial charge in [-0.1, -0.05) is 194 Å². The van der Waals surface area contributed by atoms with Gasteiger partial charge in [-0.2, -0.15) is 0 Å².